The van der Waals surface area contributed by atoms with Gasteiger partial charge < -0.3 is 56.2 Å². The zero-order chi connectivity index (χ0) is 88.2. The molecule has 0 spiro atoms. The van der Waals surface area contributed by atoms with Gasteiger partial charge in [0, 0.05) is 83.9 Å². The zero-order valence-corrected chi connectivity index (χ0v) is 73.7. The number of benzene rings is 6. The number of Topliss-reactive ketones (excluding diaryl/α,β-unsaturated/α-hetero) is 1. The van der Waals surface area contributed by atoms with Crippen LogP contribution in [0.3, 0.4) is 0 Å². The minimum absolute atomic E-state index is 0. The van der Waals surface area contributed by atoms with Gasteiger partial charge in [0.2, 0.25) is 5.78 Å². The van der Waals surface area contributed by atoms with Crippen LogP contribution in [0.1, 0.15) is 98.5 Å². The summed E-state index contributed by atoms with van der Waals surface area (Å²) >= 11 is 41.3. The number of carbonyl (C=O) groups is 4. The maximum absolute atomic E-state index is 13.4. The van der Waals surface area contributed by atoms with Gasteiger partial charge in [0.15, 0.2) is 26.3 Å². The molecule has 0 atom stereocenters. The number of nitrogen functional groups attached to an aromatic ring is 1. The molecule has 8 N–H and O–H groups in total. The number of nitrogens with zero attached hydrogens (tertiary/aromatic N) is 8. The fourth-order valence-corrected chi connectivity index (χ4v) is 14.6. The highest BCUT2D eigenvalue weighted by Gasteiger charge is 2.51. The third-order valence-corrected chi connectivity index (χ3v) is 21.6. The van der Waals surface area contributed by atoms with E-state index in [1.54, 1.807) is 95.2 Å². The second-order valence-corrected chi connectivity index (χ2v) is 30.9. The first-order chi connectivity index (χ1) is 57.1. The Morgan fingerprint density at radius 3 is 1.21 bits per heavy atom. The van der Waals surface area contributed by atoms with Crippen molar-refractivity contribution in [3.05, 3.63) is 242 Å². The third kappa shape index (κ3) is 28.6. The summed E-state index contributed by atoms with van der Waals surface area (Å²) in [4.78, 5) is 61.8. The SMILES string of the molecule is CCOC(=O)C(F)(F)C(=O)OCC.COc1cc(C)ccc1CNc1ncc(-c2cc(C(F)F)nn2-c2c(Cl)cccc2Cl)s1.COc1cc(C)ccc1CNc1ncc(C(C)=O)s1.COc1cc(C)ccc1CNc1ncc(C(O)=CC(=O)C(F)F)s1.Cl.NCc1c(Cl)cccc1Cl.Nc1ncc(-c2cc(C(F)F)nn2-c2c(Cl)cccc2Cl)s1. The molecule has 0 fully saturated rings. The molecule has 0 saturated carbocycles. The summed E-state index contributed by atoms with van der Waals surface area (Å²) in [6.45, 7) is 11.8. The monoisotopic (exact) mass is 1890 g/mol. The van der Waals surface area contributed by atoms with E-state index in [9.17, 15) is 59.4 Å². The van der Waals surface area contributed by atoms with Crippen LogP contribution < -0.4 is 41.6 Å². The number of hydrogen-bond donors (Lipinski definition) is 6. The van der Waals surface area contributed by atoms with Crippen molar-refractivity contribution in [1.29, 1.82) is 0 Å². The molecule has 6 aromatic carbocycles. The largest absolute Gasteiger partial charge is 0.506 e. The van der Waals surface area contributed by atoms with E-state index in [1.807, 2.05) is 75.4 Å². The standard InChI is InChI=1S/C22H18Cl2F2N4OS.C16H16F2N2O3S.C14H16N2O2S.C13H8Cl2F2N4S.C7H7Cl2N.C7H10F2O4.ClH/c1-12-6-7-13(18(8-12)31-2)10-27-22-28-11-19(32-22)17-9-16(21(25)26)29-30(17)20-14(23)4-3-5-15(20)24;1-9-3-4-10(13(5-9)23-2)7-19-16-20-8-14(24-16)11(21)6-12(22)15(17)18;1-9-4-5-11(12(6-9)18-3)7-15-14-16-8-13(19-14)10(2)17;14-6-2-1-3-7(15)11(6)21-9(4-8(20-21)12(16)17)10-5-19-13(18)22-10;8-6-2-1-3-7(9)5(6)4-10;1-3-12-5(10)7(8,9)6(11)13-4-2;/h3-9,11,21H,10H2,1-2H3,(H,27,28);3-6,8,15,21H,7H2,1-2H3,(H,19,20);4-6,8H,7H2,1-3H3,(H,15,16);1-5,12H,(H2,18,19);1-3H,4,10H2;3-4H2,1-2H3;1H. The molecule has 0 saturated heterocycles. The molecule has 0 aliphatic rings. The summed E-state index contributed by atoms with van der Waals surface area (Å²) in [7, 11) is 4.87. The molecule has 12 aromatic rings. The van der Waals surface area contributed by atoms with Crippen molar-refractivity contribution in [2.75, 3.05) is 56.2 Å². The zero-order valence-electron chi connectivity index (χ0n) is 65.1. The second-order valence-electron chi connectivity index (χ2n) is 24.3. The average Bonchev–Trinajstić information content (AvgIpc) is 1.64. The number of esters is 2. The molecule has 0 amide bonds. The van der Waals surface area contributed by atoms with Gasteiger partial charge in [0.05, 0.1) is 97.9 Å². The Balaban J connectivity index is 0.000000232. The number of ether oxygens (including phenoxy) is 5. The molecule has 0 radical (unpaired) electrons. The fraction of sp³-hybridized carbons (Fsp3) is 0.241. The molecule has 0 unspecified atom stereocenters. The van der Waals surface area contributed by atoms with Gasteiger partial charge in [-0.05, 0) is 118 Å². The van der Waals surface area contributed by atoms with E-state index in [2.05, 4.69) is 55.6 Å². The van der Waals surface area contributed by atoms with Crippen LogP contribution in [0.15, 0.2) is 152 Å². The molecule has 42 heteroatoms. The number of allylic oxidation sites excluding steroid dienone is 1. The van der Waals surface area contributed by atoms with E-state index in [0.717, 1.165) is 84.0 Å². The Morgan fingerprint density at radius 2 is 0.884 bits per heavy atom. The van der Waals surface area contributed by atoms with E-state index in [1.165, 1.54) is 70.4 Å². The predicted molar refractivity (Wildman–Crippen MR) is 465 cm³/mol. The molecule has 6 aromatic heterocycles. The lowest BCUT2D eigenvalue weighted by Crippen LogP contribution is -2.40. The molecule has 23 nitrogen and oxygen atoms in total. The first kappa shape index (κ1) is 99.9. The highest BCUT2D eigenvalue weighted by molar-refractivity contribution is 7.19. The number of nitrogens with two attached hydrogens (primary N) is 2. The first-order valence-electron chi connectivity index (χ1n) is 35.0. The molecule has 646 valence electrons. The lowest BCUT2D eigenvalue weighted by molar-refractivity contribution is -0.190. The minimum atomic E-state index is -4.20. The van der Waals surface area contributed by atoms with Crippen molar-refractivity contribution in [3.63, 3.8) is 0 Å². The fourth-order valence-electron chi connectivity index (χ4n) is 9.99. The number of para-hydroxylation sites is 2. The Bertz CT molecular complexity index is 5430. The third-order valence-electron chi connectivity index (χ3n) is 15.8. The van der Waals surface area contributed by atoms with Crippen molar-refractivity contribution < 1.29 is 83.1 Å². The molecular weight excluding hydrogens is 1820 g/mol. The van der Waals surface area contributed by atoms with Crippen LogP contribution in [-0.4, -0.2) is 115 Å². The number of alkyl halides is 8. The van der Waals surface area contributed by atoms with Crippen molar-refractivity contribution in [2.24, 2.45) is 5.73 Å². The summed E-state index contributed by atoms with van der Waals surface area (Å²) in [6.07, 6.45) is -2.09. The lowest BCUT2D eigenvalue weighted by atomic mass is 10.1. The number of aryl methyl sites for hydroxylation is 3. The topological polar surface area (TPSA) is 310 Å². The van der Waals surface area contributed by atoms with Gasteiger partial charge in [-0.2, -0.15) is 19.0 Å². The molecule has 6 heterocycles. The van der Waals surface area contributed by atoms with Crippen molar-refractivity contribution in [3.8, 4) is 49.8 Å². The van der Waals surface area contributed by atoms with E-state index >= 15 is 0 Å². The van der Waals surface area contributed by atoms with E-state index < -0.39 is 48.7 Å². The Morgan fingerprint density at radius 1 is 0.529 bits per heavy atom. The van der Waals surface area contributed by atoms with Crippen molar-refractivity contribution in [1.82, 2.24) is 39.5 Å². The molecule has 0 aliphatic carbocycles. The number of methoxy groups -OCH3 is 3. The van der Waals surface area contributed by atoms with Crippen LogP contribution >= 0.6 is 127 Å². The smallest absolute Gasteiger partial charge is 0.437 e. The number of thiazole rings is 4. The van der Waals surface area contributed by atoms with Crippen LogP contribution in [-0.2, 0) is 50.0 Å². The van der Waals surface area contributed by atoms with Crippen LogP contribution in [0.5, 0.6) is 17.2 Å². The normalized spacial score (nSPS) is 10.9. The van der Waals surface area contributed by atoms with Gasteiger partial charge in [-0.3, -0.25) is 9.59 Å². The van der Waals surface area contributed by atoms with Crippen molar-refractivity contribution in [2.45, 2.75) is 92.9 Å². The molecule has 121 heavy (non-hydrogen) atoms. The van der Waals surface area contributed by atoms with Crippen LogP contribution in [0.2, 0.25) is 30.1 Å². The minimum Gasteiger partial charge on any atom is -0.506 e. The molecule has 12 rings (SSSR count). The average molecular weight is 1900 g/mol. The summed E-state index contributed by atoms with van der Waals surface area (Å²) in [5, 5.41) is 31.8. The number of aromatic nitrogens is 8. The van der Waals surface area contributed by atoms with Gasteiger partial charge in [-0.25, -0.2) is 65.2 Å². The van der Waals surface area contributed by atoms with Gasteiger partial charge >= 0.3 is 17.9 Å². The Hall–Kier alpha value is -9.89. The van der Waals surface area contributed by atoms with Gasteiger partial charge in [-0.1, -0.05) is 170 Å². The van der Waals surface area contributed by atoms with Gasteiger partial charge in [0.25, 0.3) is 19.3 Å². The van der Waals surface area contributed by atoms with E-state index in [4.69, 9.17) is 95.3 Å². The lowest BCUT2D eigenvalue weighted by Gasteiger charge is -2.12. The van der Waals surface area contributed by atoms with Crippen LogP contribution in [0.4, 0.5) is 55.6 Å². The summed E-state index contributed by atoms with van der Waals surface area (Å²) in [6, 6.07) is 35.6. The maximum Gasteiger partial charge on any atom is 0.437 e. The van der Waals surface area contributed by atoms with Gasteiger partial charge in [0.1, 0.15) is 45.8 Å². The number of nitrogens with one attached hydrogen (secondary N) is 3. The highest BCUT2D eigenvalue weighted by Crippen LogP contribution is 2.40. The van der Waals surface area contributed by atoms with Crippen LogP contribution in [0.25, 0.3) is 38.3 Å². The van der Waals surface area contributed by atoms with Crippen molar-refractivity contribution >= 4 is 177 Å². The molecule has 0 bridgehead atoms. The molecular formula is C79H76Cl7F8N13O10S4. The second kappa shape index (κ2) is 48.1. The maximum atomic E-state index is 13.4. The summed E-state index contributed by atoms with van der Waals surface area (Å²) in [5.74, 6) is -7.52. The quantitative estimate of drug-likeness (QED) is 0.00696. The number of carbonyl (C=O) groups excluding carboxylic acids is 4. The highest BCUT2D eigenvalue weighted by atomic mass is 35.5. The summed E-state index contributed by atoms with van der Waals surface area (Å²) in [5.41, 5.74) is 18.8. The number of ketones is 2. The number of rotatable bonds is 27. The van der Waals surface area contributed by atoms with E-state index in [0.29, 0.717) is 115 Å². The Labute approximate surface area is 741 Å². The predicted octanol–water partition coefficient (Wildman–Crippen LogP) is 22.7. The van der Waals surface area contributed by atoms with Crippen LogP contribution in [0, 0.1) is 20.8 Å². The Kier molecular flexibility index (Phi) is 39.7. The number of anilines is 4. The van der Waals surface area contributed by atoms with E-state index in [-0.39, 0.29) is 47.7 Å². The first-order valence-corrected chi connectivity index (χ1v) is 40.6. The summed E-state index contributed by atoms with van der Waals surface area (Å²) < 4.78 is 129. The number of aliphatic hydroxyl groups is 1. The number of halogens is 15. The number of aliphatic hydroxyl groups excluding tert-OH is 1. The molecule has 0 aliphatic heterocycles. The van der Waals surface area contributed by atoms with Gasteiger partial charge in [-0.15, -0.1) is 12.4 Å². The number of hydrogen-bond acceptors (Lipinski definition) is 25.